The number of anilines is 2. The highest BCUT2D eigenvalue weighted by Gasteiger charge is 2.13. The number of amides is 2. The van der Waals surface area contributed by atoms with Crippen LogP contribution in [0.5, 0.6) is 0 Å². The SMILES string of the molecule is CC(C)COC(=O)NNC(=O)c1ccc2c(c1)nc(Nc1cccc(Cl)c1)c1ccncc12. The molecule has 168 valence electrons. The van der Waals surface area contributed by atoms with Crippen molar-refractivity contribution in [2.24, 2.45) is 5.92 Å². The van der Waals surface area contributed by atoms with E-state index in [0.29, 0.717) is 21.9 Å². The van der Waals surface area contributed by atoms with Crippen LogP contribution in [0.25, 0.3) is 21.7 Å². The number of benzene rings is 2. The van der Waals surface area contributed by atoms with Gasteiger partial charge in [-0.2, -0.15) is 0 Å². The van der Waals surface area contributed by atoms with Crippen LogP contribution in [-0.2, 0) is 4.74 Å². The third-order valence-electron chi connectivity index (χ3n) is 4.77. The quantitative estimate of drug-likeness (QED) is 0.277. The molecule has 2 aromatic carbocycles. The Morgan fingerprint density at radius 3 is 2.67 bits per heavy atom. The summed E-state index contributed by atoms with van der Waals surface area (Å²) in [6.45, 7) is 4.09. The minimum Gasteiger partial charge on any atom is -0.448 e. The molecule has 0 radical (unpaired) electrons. The van der Waals surface area contributed by atoms with Crippen molar-refractivity contribution < 1.29 is 14.3 Å². The molecule has 0 saturated heterocycles. The topological polar surface area (TPSA) is 105 Å². The summed E-state index contributed by atoms with van der Waals surface area (Å²) in [7, 11) is 0. The summed E-state index contributed by atoms with van der Waals surface area (Å²) in [5.41, 5.74) is 6.30. The number of nitrogens with one attached hydrogen (secondary N) is 3. The van der Waals surface area contributed by atoms with Crippen LogP contribution < -0.4 is 16.2 Å². The van der Waals surface area contributed by atoms with E-state index in [4.69, 9.17) is 21.3 Å². The van der Waals surface area contributed by atoms with Gasteiger partial charge in [0.2, 0.25) is 0 Å². The van der Waals surface area contributed by atoms with Crippen LogP contribution >= 0.6 is 11.6 Å². The van der Waals surface area contributed by atoms with Crippen LogP contribution in [0.1, 0.15) is 24.2 Å². The molecule has 0 aliphatic heterocycles. The monoisotopic (exact) mass is 463 g/mol. The van der Waals surface area contributed by atoms with E-state index in [9.17, 15) is 9.59 Å². The van der Waals surface area contributed by atoms with E-state index in [0.717, 1.165) is 21.8 Å². The van der Waals surface area contributed by atoms with E-state index in [1.165, 1.54) is 0 Å². The maximum atomic E-state index is 12.6. The predicted octanol–water partition coefficient (Wildman–Crippen LogP) is 5.21. The van der Waals surface area contributed by atoms with Gasteiger partial charge in [-0.1, -0.05) is 37.6 Å². The lowest BCUT2D eigenvalue weighted by molar-refractivity contribution is 0.0901. The van der Waals surface area contributed by atoms with Crippen molar-refractivity contribution >= 4 is 56.8 Å². The largest absolute Gasteiger partial charge is 0.448 e. The lowest BCUT2D eigenvalue weighted by Crippen LogP contribution is -2.42. The smallest absolute Gasteiger partial charge is 0.426 e. The normalized spacial score (nSPS) is 10.9. The number of hydrogen-bond donors (Lipinski definition) is 3. The zero-order chi connectivity index (χ0) is 23.4. The van der Waals surface area contributed by atoms with Gasteiger partial charge in [-0.05, 0) is 42.3 Å². The first kappa shape index (κ1) is 22.3. The number of rotatable bonds is 5. The van der Waals surface area contributed by atoms with E-state index >= 15 is 0 Å². The lowest BCUT2D eigenvalue weighted by Gasteiger charge is -2.13. The van der Waals surface area contributed by atoms with Gasteiger partial charge in [0.05, 0.1) is 12.1 Å². The van der Waals surface area contributed by atoms with Crippen molar-refractivity contribution in [2.75, 3.05) is 11.9 Å². The highest BCUT2D eigenvalue weighted by Crippen LogP contribution is 2.31. The molecule has 0 saturated carbocycles. The van der Waals surface area contributed by atoms with Gasteiger partial charge in [-0.15, -0.1) is 0 Å². The fourth-order valence-corrected chi connectivity index (χ4v) is 3.44. The van der Waals surface area contributed by atoms with Crippen LogP contribution in [0.2, 0.25) is 5.02 Å². The number of pyridine rings is 2. The van der Waals surface area contributed by atoms with Gasteiger partial charge in [0, 0.05) is 44.8 Å². The van der Waals surface area contributed by atoms with Crippen molar-refractivity contribution in [3.05, 3.63) is 71.5 Å². The van der Waals surface area contributed by atoms with E-state index in [2.05, 4.69) is 21.2 Å². The first-order valence-corrected chi connectivity index (χ1v) is 10.7. The van der Waals surface area contributed by atoms with Gasteiger partial charge in [0.1, 0.15) is 5.82 Å². The molecule has 0 unspecified atom stereocenters. The average molecular weight is 464 g/mol. The molecule has 4 aromatic rings. The van der Waals surface area contributed by atoms with Crippen molar-refractivity contribution in [1.29, 1.82) is 0 Å². The van der Waals surface area contributed by atoms with E-state index < -0.39 is 12.0 Å². The van der Waals surface area contributed by atoms with Crippen molar-refractivity contribution in [3.8, 4) is 0 Å². The molecule has 3 N–H and O–H groups in total. The fourth-order valence-electron chi connectivity index (χ4n) is 3.25. The molecule has 0 aliphatic carbocycles. The summed E-state index contributed by atoms with van der Waals surface area (Å²) in [4.78, 5) is 33.2. The van der Waals surface area contributed by atoms with Gasteiger partial charge >= 0.3 is 6.09 Å². The highest BCUT2D eigenvalue weighted by atomic mass is 35.5. The van der Waals surface area contributed by atoms with E-state index in [1.807, 2.05) is 38.1 Å². The van der Waals surface area contributed by atoms with Crippen LogP contribution in [0.4, 0.5) is 16.3 Å². The number of ether oxygens (including phenoxy) is 1. The number of carbonyl (C=O) groups is 2. The zero-order valence-electron chi connectivity index (χ0n) is 18.1. The zero-order valence-corrected chi connectivity index (χ0v) is 18.8. The van der Waals surface area contributed by atoms with Gasteiger partial charge in [-0.25, -0.2) is 15.2 Å². The third kappa shape index (κ3) is 5.30. The van der Waals surface area contributed by atoms with Crippen molar-refractivity contribution in [2.45, 2.75) is 13.8 Å². The van der Waals surface area contributed by atoms with Crippen molar-refractivity contribution in [3.63, 3.8) is 0 Å². The Morgan fingerprint density at radius 1 is 1.03 bits per heavy atom. The Balaban J connectivity index is 1.63. The molecular weight excluding hydrogens is 442 g/mol. The number of halogens is 1. The minimum atomic E-state index is -0.721. The summed E-state index contributed by atoms with van der Waals surface area (Å²) in [5.74, 6) is 0.308. The molecule has 0 fully saturated rings. The Kier molecular flexibility index (Phi) is 6.55. The Bertz CT molecular complexity index is 1340. The molecule has 0 bridgehead atoms. The third-order valence-corrected chi connectivity index (χ3v) is 5.01. The number of nitrogens with zero attached hydrogens (tertiary/aromatic N) is 2. The standard InChI is InChI=1S/C24H22ClN5O3/c1-14(2)13-33-24(32)30-29-23(31)15-6-7-18-20-12-26-9-8-19(20)22(28-21(18)10-15)27-17-5-3-4-16(25)11-17/h3-12,14H,13H2,1-2H3,(H,27,28)(H,29,31)(H,30,32). The first-order valence-electron chi connectivity index (χ1n) is 10.3. The molecular formula is C24H22ClN5O3. The molecule has 33 heavy (non-hydrogen) atoms. The molecule has 0 aliphatic rings. The van der Waals surface area contributed by atoms with E-state index in [1.54, 1.807) is 36.7 Å². The van der Waals surface area contributed by atoms with E-state index in [-0.39, 0.29) is 12.5 Å². The maximum Gasteiger partial charge on any atom is 0.426 e. The van der Waals surface area contributed by atoms with Gasteiger partial charge in [0.15, 0.2) is 0 Å². The molecule has 2 aromatic heterocycles. The van der Waals surface area contributed by atoms with Gasteiger partial charge < -0.3 is 10.1 Å². The highest BCUT2D eigenvalue weighted by molar-refractivity contribution is 6.30. The Labute approximate surface area is 195 Å². The number of fused-ring (bicyclic) bond motifs is 3. The minimum absolute atomic E-state index is 0.192. The average Bonchev–Trinajstić information content (AvgIpc) is 2.81. The lowest BCUT2D eigenvalue weighted by atomic mass is 10.1. The molecule has 0 atom stereocenters. The van der Waals surface area contributed by atoms with Gasteiger partial charge in [0.25, 0.3) is 5.91 Å². The molecule has 2 heterocycles. The van der Waals surface area contributed by atoms with Crippen molar-refractivity contribution in [1.82, 2.24) is 20.8 Å². The maximum absolute atomic E-state index is 12.6. The molecule has 4 rings (SSSR count). The fraction of sp³-hybridized carbons (Fsp3) is 0.167. The Hall–Kier alpha value is -3.91. The number of hydrazine groups is 1. The number of hydrogen-bond acceptors (Lipinski definition) is 6. The Morgan fingerprint density at radius 2 is 1.88 bits per heavy atom. The molecule has 2 amide bonds. The molecule has 9 heteroatoms. The second-order valence-corrected chi connectivity index (χ2v) is 8.26. The summed E-state index contributed by atoms with van der Waals surface area (Å²) in [6.07, 6.45) is 2.74. The number of aromatic nitrogens is 2. The van der Waals surface area contributed by atoms with Gasteiger partial charge in [-0.3, -0.25) is 15.2 Å². The molecule has 0 spiro atoms. The summed E-state index contributed by atoms with van der Waals surface area (Å²) < 4.78 is 4.99. The van der Waals surface area contributed by atoms with Crippen LogP contribution in [0.15, 0.2) is 60.9 Å². The second kappa shape index (κ2) is 9.70. The number of carbonyl (C=O) groups excluding carboxylic acids is 2. The summed E-state index contributed by atoms with van der Waals surface area (Å²) in [6, 6.07) is 14.3. The van der Waals surface area contributed by atoms with Crippen LogP contribution in [0, 0.1) is 5.92 Å². The summed E-state index contributed by atoms with van der Waals surface area (Å²) in [5, 5.41) is 6.50. The van der Waals surface area contributed by atoms with Crippen LogP contribution in [0.3, 0.4) is 0 Å². The second-order valence-electron chi connectivity index (χ2n) is 7.82. The summed E-state index contributed by atoms with van der Waals surface area (Å²) >= 11 is 6.11. The molecule has 8 nitrogen and oxygen atoms in total. The van der Waals surface area contributed by atoms with Crippen LogP contribution in [-0.4, -0.2) is 28.6 Å². The first-order chi connectivity index (χ1) is 15.9. The predicted molar refractivity (Wildman–Crippen MR) is 129 cm³/mol.